The maximum Gasteiger partial charge on any atom is 0.417 e. The zero-order chi connectivity index (χ0) is 20.4. The summed E-state index contributed by atoms with van der Waals surface area (Å²) in [4.78, 5) is 8.03. The molecule has 0 radical (unpaired) electrons. The van der Waals surface area contributed by atoms with Gasteiger partial charge in [0.05, 0.1) is 21.6 Å². The summed E-state index contributed by atoms with van der Waals surface area (Å²) in [6.07, 6.45) is -8.44. The molecule has 0 saturated carbocycles. The summed E-state index contributed by atoms with van der Waals surface area (Å²) in [6, 6.07) is 0.884. The SMILES string of the molecule is Cn1c(-c2nn3c(c2Br)CC(C(F)(F)F)CC3)nc2cc(C(F)(F)F)cnc21. The van der Waals surface area contributed by atoms with E-state index in [0.29, 0.717) is 10.2 Å². The van der Waals surface area contributed by atoms with E-state index in [1.807, 2.05) is 0 Å². The molecule has 4 rings (SSSR count). The van der Waals surface area contributed by atoms with Crippen LogP contribution >= 0.6 is 15.9 Å². The summed E-state index contributed by atoms with van der Waals surface area (Å²) >= 11 is 3.30. The molecule has 0 amide bonds. The second kappa shape index (κ2) is 6.19. The van der Waals surface area contributed by atoms with Crippen LogP contribution in [0.1, 0.15) is 17.7 Å². The molecule has 5 nitrogen and oxygen atoms in total. The molecule has 12 heteroatoms. The summed E-state index contributed by atoms with van der Waals surface area (Å²) in [5, 5.41) is 4.33. The summed E-state index contributed by atoms with van der Waals surface area (Å²) in [7, 11) is 1.56. The van der Waals surface area contributed by atoms with E-state index in [4.69, 9.17) is 0 Å². The Bertz CT molecular complexity index is 1060. The first kappa shape index (κ1) is 19.2. The molecule has 0 bridgehead atoms. The molecular formula is C16H12BrF6N5. The highest BCUT2D eigenvalue weighted by atomic mass is 79.9. The second-order valence-electron chi connectivity index (χ2n) is 6.62. The molecule has 4 heterocycles. The number of fused-ring (bicyclic) bond motifs is 2. The number of hydrogen-bond acceptors (Lipinski definition) is 3. The van der Waals surface area contributed by atoms with Gasteiger partial charge in [0.2, 0.25) is 0 Å². The highest BCUT2D eigenvalue weighted by Crippen LogP contribution is 2.40. The quantitative estimate of drug-likeness (QED) is 0.485. The minimum atomic E-state index is -4.56. The van der Waals surface area contributed by atoms with Crippen molar-refractivity contribution in [2.24, 2.45) is 13.0 Å². The first-order chi connectivity index (χ1) is 13.0. The molecule has 3 aromatic rings. The molecule has 3 aromatic heterocycles. The molecule has 1 atom stereocenters. The first-order valence-electron chi connectivity index (χ1n) is 8.18. The van der Waals surface area contributed by atoms with Crippen LogP contribution in [0.3, 0.4) is 0 Å². The molecule has 1 aliphatic heterocycles. The zero-order valence-corrected chi connectivity index (χ0v) is 15.8. The lowest BCUT2D eigenvalue weighted by Gasteiger charge is -2.25. The molecule has 150 valence electrons. The van der Waals surface area contributed by atoms with Gasteiger partial charge in [-0.05, 0) is 28.4 Å². The number of alkyl halides is 6. The summed E-state index contributed by atoms with van der Waals surface area (Å²) in [5.74, 6) is -1.24. The third-order valence-electron chi connectivity index (χ3n) is 4.83. The van der Waals surface area contributed by atoms with E-state index < -0.39 is 23.8 Å². The molecule has 0 aromatic carbocycles. The lowest BCUT2D eigenvalue weighted by molar-refractivity contribution is -0.179. The molecule has 0 N–H and O–H groups in total. The Morgan fingerprint density at radius 2 is 1.89 bits per heavy atom. The Balaban J connectivity index is 1.79. The van der Waals surface area contributed by atoms with Crippen molar-refractivity contribution in [3.05, 3.63) is 28.0 Å². The molecule has 1 aliphatic rings. The number of halogens is 7. The number of rotatable bonds is 1. The van der Waals surface area contributed by atoms with E-state index in [-0.39, 0.29) is 42.1 Å². The van der Waals surface area contributed by atoms with Crippen molar-refractivity contribution in [1.29, 1.82) is 0 Å². The van der Waals surface area contributed by atoms with E-state index >= 15 is 0 Å². The molecule has 0 saturated heterocycles. The Hall–Kier alpha value is -2.11. The van der Waals surface area contributed by atoms with Gasteiger partial charge in [0.1, 0.15) is 11.2 Å². The Morgan fingerprint density at radius 3 is 2.54 bits per heavy atom. The van der Waals surface area contributed by atoms with E-state index in [1.165, 1.54) is 9.25 Å². The van der Waals surface area contributed by atoms with Crippen LogP contribution in [0, 0.1) is 5.92 Å². The monoisotopic (exact) mass is 467 g/mol. The average Bonchev–Trinajstić information content (AvgIpc) is 3.10. The largest absolute Gasteiger partial charge is 0.417 e. The van der Waals surface area contributed by atoms with Gasteiger partial charge in [-0.3, -0.25) is 4.68 Å². The second-order valence-corrected chi connectivity index (χ2v) is 7.42. The van der Waals surface area contributed by atoms with Gasteiger partial charge in [0.15, 0.2) is 11.5 Å². The number of aryl methyl sites for hydroxylation is 2. The maximum atomic E-state index is 13.1. The van der Waals surface area contributed by atoms with Crippen molar-refractivity contribution in [2.45, 2.75) is 31.7 Å². The van der Waals surface area contributed by atoms with E-state index in [9.17, 15) is 26.3 Å². The van der Waals surface area contributed by atoms with E-state index in [2.05, 4.69) is 31.0 Å². The van der Waals surface area contributed by atoms with Crippen LogP contribution in [0.15, 0.2) is 16.7 Å². The normalized spacial score (nSPS) is 17.9. The number of pyridine rings is 1. The predicted octanol–water partition coefficient (Wildman–Crippen LogP) is 4.74. The van der Waals surface area contributed by atoms with Gasteiger partial charge in [-0.15, -0.1) is 0 Å². The predicted molar refractivity (Wildman–Crippen MR) is 90.3 cm³/mol. The average molecular weight is 468 g/mol. The summed E-state index contributed by atoms with van der Waals surface area (Å²) in [5.41, 5.74) is -0.0280. The van der Waals surface area contributed by atoms with Gasteiger partial charge in [0, 0.05) is 26.2 Å². The van der Waals surface area contributed by atoms with Crippen LogP contribution in [0.25, 0.3) is 22.7 Å². The fourth-order valence-corrected chi connectivity index (χ4v) is 3.96. The molecule has 0 fully saturated rings. The van der Waals surface area contributed by atoms with Crippen molar-refractivity contribution in [1.82, 2.24) is 24.3 Å². The Morgan fingerprint density at radius 1 is 1.18 bits per heavy atom. The van der Waals surface area contributed by atoms with Crippen LogP contribution < -0.4 is 0 Å². The zero-order valence-electron chi connectivity index (χ0n) is 14.2. The van der Waals surface area contributed by atoms with Crippen molar-refractivity contribution in [2.75, 3.05) is 0 Å². The van der Waals surface area contributed by atoms with Crippen LogP contribution in [-0.4, -0.2) is 30.5 Å². The third-order valence-corrected chi connectivity index (χ3v) is 5.67. The fourth-order valence-electron chi connectivity index (χ4n) is 3.33. The summed E-state index contributed by atoms with van der Waals surface area (Å²) < 4.78 is 81.3. The molecule has 1 unspecified atom stereocenters. The van der Waals surface area contributed by atoms with Gasteiger partial charge >= 0.3 is 12.4 Å². The van der Waals surface area contributed by atoms with Crippen LogP contribution in [0.2, 0.25) is 0 Å². The standard InChI is InChI=1S/C16H12BrF6N5/c1-27-13-9(4-8(6-24-13)16(21,22)23)25-14(27)12-11(17)10-5-7(15(18,19)20)2-3-28(10)26-12/h4,6-7H,2-3,5H2,1H3. The van der Waals surface area contributed by atoms with Gasteiger partial charge in [0.25, 0.3) is 0 Å². The summed E-state index contributed by atoms with van der Waals surface area (Å²) in [6.45, 7) is 0.0958. The smallest absolute Gasteiger partial charge is 0.310 e. The number of aromatic nitrogens is 5. The first-order valence-corrected chi connectivity index (χ1v) is 8.98. The highest BCUT2D eigenvalue weighted by Gasteiger charge is 2.42. The molecule has 28 heavy (non-hydrogen) atoms. The van der Waals surface area contributed by atoms with Crippen molar-refractivity contribution in [3.63, 3.8) is 0 Å². The minimum Gasteiger partial charge on any atom is -0.310 e. The molecule has 0 aliphatic carbocycles. The number of imidazole rings is 1. The van der Waals surface area contributed by atoms with Crippen LogP contribution in [-0.2, 0) is 26.2 Å². The Kier molecular flexibility index (Phi) is 4.25. The Labute approximate surface area is 162 Å². The molecular weight excluding hydrogens is 456 g/mol. The lowest BCUT2D eigenvalue weighted by Crippen LogP contribution is -2.31. The van der Waals surface area contributed by atoms with Crippen molar-refractivity contribution in [3.8, 4) is 11.5 Å². The highest BCUT2D eigenvalue weighted by molar-refractivity contribution is 9.10. The number of nitrogens with zero attached hydrogens (tertiary/aromatic N) is 5. The topological polar surface area (TPSA) is 48.5 Å². The van der Waals surface area contributed by atoms with Gasteiger partial charge in [-0.1, -0.05) is 0 Å². The lowest BCUT2D eigenvalue weighted by atomic mass is 9.95. The van der Waals surface area contributed by atoms with Crippen LogP contribution in [0.5, 0.6) is 0 Å². The molecule has 0 spiro atoms. The third kappa shape index (κ3) is 3.07. The number of hydrogen-bond donors (Lipinski definition) is 0. The van der Waals surface area contributed by atoms with E-state index in [0.717, 1.165) is 12.3 Å². The van der Waals surface area contributed by atoms with Crippen LogP contribution in [0.4, 0.5) is 26.3 Å². The minimum absolute atomic E-state index is 0.0263. The maximum absolute atomic E-state index is 13.1. The van der Waals surface area contributed by atoms with E-state index in [1.54, 1.807) is 7.05 Å². The van der Waals surface area contributed by atoms with Gasteiger partial charge in [-0.25, -0.2) is 9.97 Å². The van der Waals surface area contributed by atoms with Crippen molar-refractivity contribution < 1.29 is 26.3 Å². The van der Waals surface area contributed by atoms with Gasteiger partial charge in [-0.2, -0.15) is 31.4 Å². The van der Waals surface area contributed by atoms with Gasteiger partial charge < -0.3 is 4.57 Å². The van der Waals surface area contributed by atoms with Crippen molar-refractivity contribution >= 4 is 27.1 Å². The fraction of sp³-hybridized carbons (Fsp3) is 0.438.